The van der Waals surface area contributed by atoms with Gasteiger partial charge in [-0.3, -0.25) is 4.79 Å². The fraction of sp³-hybridized carbons (Fsp3) is 0.727. The summed E-state index contributed by atoms with van der Waals surface area (Å²) in [7, 11) is -0.434. The Hall–Kier alpha value is -0.650. The Labute approximate surface area is 102 Å². The molecule has 0 atom stereocenters. The van der Waals surface area contributed by atoms with Crippen molar-refractivity contribution < 1.29 is 18.0 Å². The van der Waals surface area contributed by atoms with Crippen LogP contribution in [0.3, 0.4) is 0 Å². The molecule has 17 heavy (non-hydrogen) atoms. The third-order valence-corrected chi connectivity index (χ3v) is 4.08. The number of hydrogen-bond acceptors (Lipinski definition) is 1. The lowest BCUT2D eigenvalue weighted by Gasteiger charge is -2.06. The average molecular weight is 269 g/mol. The average Bonchev–Trinajstić information content (AvgIpc) is 2.16. The summed E-state index contributed by atoms with van der Waals surface area (Å²) in [5, 5.41) is 0. The SMILES string of the molecule is CCCS(CCC)=NC(=O)/C=C(\C)C(F)(F)F. The number of alkyl halides is 3. The topological polar surface area (TPSA) is 29.4 Å². The van der Waals surface area contributed by atoms with Crippen LogP contribution < -0.4 is 0 Å². The van der Waals surface area contributed by atoms with Gasteiger partial charge in [-0.15, -0.1) is 0 Å². The molecular weight excluding hydrogens is 251 g/mol. The van der Waals surface area contributed by atoms with E-state index in [-0.39, 0.29) is 0 Å². The van der Waals surface area contributed by atoms with E-state index in [4.69, 9.17) is 0 Å². The largest absolute Gasteiger partial charge is 0.412 e. The highest BCUT2D eigenvalue weighted by atomic mass is 32.2. The van der Waals surface area contributed by atoms with Gasteiger partial charge in [-0.25, -0.2) is 0 Å². The molecule has 0 bridgehead atoms. The molecular formula is C11H18F3NOS. The van der Waals surface area contributed by atoms with Gasteiger partial charge in [0.2, 0.25) is 0 Å². The van der Waals surface area contributed by atoms with Crippen LogP contribution in [-0.2, 0) is 15.5 Å². The smallest absolute Gasteiger partial charge is 0.267 e. The molecule has 0 heterocycles. The number of hydrogen-bond donors (Lipinski definition) is 0. The summed E-state index contributed by atoms with van der Waals surface area (Å²) in [6.07, 6.45) is -2.12. The van der Waals surface area contributed by atoms with Gasteiger partial charge in [-0.1, -0.05) is 24.5 Å². The molecule has 0 aromatic rings. The molecule has 0 fully saturated rings. The highest BCUT2D eigenvalue weighted by Crippen LogP contribution is 2.24. The van der Waals surface area contributed by atoms with Crippen molar-refractivity contribution in [2.45, 2.75) is 39.8 Å². The maximum atomic E-state index is 12.2. The van der Waals surface area contributed by atoms with Crippen LogP contribution >= 0.6 is 0 Å². The van der Waals surface area contributed by atoms with Crippen LogP contribution in [0.5, 0.6) is 0 Å². The summed E-state index contributed by atoms with van der Waals surface area (Å²) in [6, 6.07) is 0. The second-order valence-electron chi connectivity index (χ2n) is 3.63. The molecule has 0 aromatic heterocycles. The van der Waals surface area contributed by atoms with Gasteiger partial charge < -0.3 is 0 Å². The summed E-state index contributed by atoms with van der Waals surface area (Å²) in [6.45, 7) is 4.81. The van der Waals surface area contributed by atoms with E-state index in [1.54, 1.807) is 0 Å². The third-order valence-electron chi connectivity index (χ3n) is 1.89. The van der Waals surface area contributed by atoms with E-state index < -0.39 is 28.3 Å². The van der Waals surface area contributed by atoms with Crippen LogP contribution in [0.4, 0.5) is 13.2 Å². The molecule has 0 radical (unpaired) electrons. The van der Waals surface area contributed by atoms with E-state index in [9.17, 15) is 18.0 Å². The van der Waals surface area contributed by atoms with Gasteiger partial charge in [0.25, 0.3) is 5.91 Å². The third kappa shape index (κ3) is 7.31. The van der Waals surface area contributed by atoms with Crippen LogP contribution in [0.2, 0.25) is 0 Å². The van der Waals surface area contributed by atoms with Gasteiger partial charge >= 0.3 is 6.18 Å². The number of allylic oxidation sites excluding steroid dienone is 1. The molecule has 0 aliphatic carbocycles. The Balaban J connectivity index is 4.75. The Bertz CT molecular complexity index is 313. The van der Waals surface area contributed by atoms with Crippen molar-refractivity contribution in [1.82, 2.24) is 0 Å². The summed E-state index contributed by atoms with van der Waals surface area (Å²) >= 11 is 0. The first-order valence-corrected chi connectivity index (χ1v) is 7.02. The van der Waals surface area contributed by atoms with Gasteiger partial charge in [0.05, 0.1) is 0 Å². The van der Waals surface area contributed by atoms with Gasteiger partial charge in [0.1, 0.15) is 0 Å². The molecule has 0 unspecified atom stereocenters. The van der Waals surface area contributed by atoms with Crippen LogP contribution in [0.15, 0.2) is 16.0 Å². The zero-order valence-electron chi connectivity index (χ0n) is 10.3. The van der Waals surface area contributed by atoms with Crippen molar-refractivity contribution in [1.29, 1.82) is 0 Å². The summed E-state index contributed by atoms with van der Waals surface area (Å²) in [5.41, 5.74) is -0.900. The number of amides is 1. The molecule has 100 valence electrons. The lowest BCUT2D eigenvalue weighted by atomic mass is 10.3. The lowest BCUT2D eigenvalue weighted by molar-refractivity contribution is -0.114. The molecule has 6 heteroatoms. The minimum atomic E-state index is -4.45. The molecule has 0 N–H and O–H groups in total. The minimum absolute atomic E-state index is 0.434. The van der Waals surface area contributed by atoms with E-state index in [1.807, 2.05) is 13.8 Å². The first-order chi connectivity index (χ1) is 7.81. The van der Waals surface area contributed by atoms with Gasteiger partial charge in [0.15, 0.2) is 0 Å². The van der Waals surface area contributed by atoms with E-state index in [0.29, 0.717) is 6.08 Å². The molecule has 2 nitrogen and oxygen atoms in total. The Morgan fingerprint density at radius 3 is 2.06 bits per heavy atom. The molecule has 0 rings (SSSR count). The maximum absolute atomic E-state index is 12.2. The standard InChI is InChI=1S/C11H18F3NOS/c1-4-6-17(7-5-2)15-10(16)8-9(3)11(12,13)14/h8H,4-7H2,1-3H3/b9-8+. The van der Waals surface area contributed by atoms with Crippen LogP contribution in [0, 0.1) is 0 Å². The van der Waals surface area contributed by atoms with Crippen molar-refractivity contribution in [3.05, 3.63) is 11.6 Å². The number of carbonyl (C=O) groups excluding carboxylic acids is 1. The molecule has 0 aliphatic heterocycles. The van der Waals surface area contributed by atoms with Crippen LogP contribution in [-0.4, -0.2) is 23.6 Å². The van der Waals surface area contributed by atoms with Gasteiger partial charge in [-0.05, 0) is 19.8 Å². The maximum Gasteiger partial charge on any atom is 0.412 e. The molecule has 0 spiro atoms. The monoisotopic (exact) mass is 269 g/mol. The first kappa shape index (κ1) is 16.4. The number of nitrogens with zero attached hydrogens (tertiary/aromatic N) is 1. The van der Waals surface area contributed by atoms with Gasteiger partial charge in [0, 0.05) is 23.2 Å². The Morgan fingerprint density at radius 1 is 1.24 bits per heavy atom. The highest BCUT2D eigenvalue weighted by molar-refractivity contribution is 7.87. The zero-order valence-corrected chi connectivity index (χ0v) is 11.1. The Morgan fingerprint density at radius 2 is 1.71 bits per heavy atom. The summed E-state index contributed by atoms with van der Waals surface area (Å²) < 4.78 is 40.4. The van der Waals surface area contributed by atoms with Crippen molar-refractivity contribution in [2.24, 2.45) is 4.36 Å². The minimum Gasteiger partial charge on any atom is -0.267 e. The molecule has 0 saturated carbocycles. The highest BCUT2D eigenvalue weighted by Gasteiger charge is 2.30. The summed E-state index contributed by atoms with van der Waals surface area (Å²) in [4.78, 5) is 11.3. The normalized spacial score (nSPS) is 13.0. The lowest BCUT2D eigenvalue weighted by Crippen LogP contribution is -2.11. The summed E-state index contributed by atoms with van der Waals surface area (Å²) in [5.74, 6) is 0.752. The molecule has 0 aliphatic rings. The zero-order chi connectivity index (χ0) is 13.5. The predicted molar refractivity (Wildman–Crippen MR) is 64.9 cm³/mol. The molecule has 0 saturated heterocycles. The van der Waals surface area contributed by atoms with Crippen LogP contribution in [0.25, 0.3) is 0 Å². The van der Waals surface area contributed by atoms with E-state index in [0.717, 1.165) is 31.3 Å². The van der Waals surface area contributed by atoms with E-state index >= 15 is 0 Å². The Kier molecular flexibility index (Phi) is 7.34. The number of halogens is 3. The van der Waals surface area contributed by atoms with Crippen molar-refractivity contribution in [3.8, 4) is 0 Å². The number of rotatable bonds is 5. The number of carbonyl (C=O) groups is 1. The quantitative estimate of drug-likeness (QED) is 0.701. The van der Waals surface area contributed by atoms with Crippen molar-refractivity contribution in [3.63, 3.8) is 0 Å². The molecule has 0 aromatic carbocycles. The van der Waals surface area contributed by atoms with E-state index in [1.165, 1.54) is 0 Å². The van der Waals surface area contributed by atoms with Crippen LogP contribution in [0.1, 0.15) is 33.6 Å². The second kappa shape index (κ2) is 7.63. The van der Waals surface area contributed by atoms with E-state index in [2.05, 4.69) is 4.36 Å². The first-order valence-electron chi connectivity index (χ1n) is 5.50. The predicted octanol–water partition coefficient (Wildman–Crippen LogP) is 3.64. The fourth-order valence-corrected chi connectivity index (χ4v) is 2.72. The van der Waals surface area contributed by atoms with Crippen molar-refractivity contribution >= 4 is 16.6 Å². The van der Waals surface area contributed by atoms with Crippen molar-refractivity contribution in [2.75, 3.05) is 11.5 Å². The van der Waals surface area contributed by atoms with Gasteiger partial charge in [-0.2, -0.15) is 17.5 Å². The second-order valence-corrected chi connectivity index (χ2v) is 5.55. The molecule has 1 amide bonds. The fourth-order valence-electron chi connectivity index (χ4n) is 1.09.